The third-order valence-electron chi connectivity index (χ3n) is 28.8. The van der Waals surface area contributed by atoms with Crippen molar-refractivity contribution >= 4 is 93.2 Å². The summed E-state index contributed by atoms with van der Waals surface area (Å²) >= 11 is 37.9. The number of nitrogens with zero attached hydrogens (tertiary/aromatic N) is 8. The van der Waals surface area contributed by atoms with Crippen molar-refractivity contribution in [2.24, 2.45) is 30.8 Å². The lowest BCUT2D eigenvalue weighted by Gasteiger charge is -2.43. The van der Waals surface area contributed by atoms with Gasteiger partial charge in [-0.3, -0.25) is 33.2 Å². The van der Waals surface area contributed by atoms with Crippen molar-refractivity contribution in [2.75, 3.05) is 0 Å². The fourth-order valence-corrected chi connectivity index (χ4v) is 23.0. The second-order valence-corrected chi connectivity index (χ2v) is 40.2. The molecule has 121 heavy (non-hydrogen) atoms. The number of hydrogen-bond acceptors (Lipinski definition) is 8. The summed E-state index contributed by atoms with van der Waals surface area (Å²) in [5.41, 5.74) is 18.0. The third-order valence-corrected chi connectivity index (χ3v) is 30.6. The summed E-state index contributed by atoms with van der Waals surface area (Å²) < 4.78 is 8.13. The van der Waals surface area contributed by atoms with E-state index in [1.165, 1.54) is 128 Å². The Morgan fingerprint density at radius 2 is 0.793 bits per heavy atom. The van der Waals surface area contributed by atoms with Gasteiger partial charge < -0.3 is 21.3 Å². The number of aryl methyl sites for hydroxylation is 2. The van der Waals surface area contributed by atoms with E-state index in [4.69, 9.17) is 84.9 Å². The average Bonchev–Trinajstić information content (AvgIpc) is 1.56. The summed E-state index contributed by atoms with van der Waals surface area (Å²) in [6, 6.07) is 39.5. The first-order chi connectivity index (χ1) is 58.5. The molecule has 16 nitrogen and oxygen atoms in total. The van der Waals surface area contributed by atoms with Crippen molar-refractivity contribution in [3.05, 3.63) is 235 Å². The molecule has 9 aromatic rings. The first kappa shape index (κ1) is 87.1. The Morgan fingerprint density at radius 1 is 0.388 bits per heavy atom. The van der Waals surface area contributed by atoms with Gasteiger partial charge in [0.15, 0.2) is 22.8 Å². The van der Waals surface area contributed by atoms with Crippen molar-refractivity contribution in [1.82, 2.24) is 60.4 Å². The van der Waals surface area contributed by atoms with Gasteiger partial charge in [-0.05, 0) is 280 Å². The van der Waals surface area contributed by atoms with E-state index >= 15 is 0 Å². The molecule has 0 saturated heterocycles. The Bertz CT molecular complexity index is 5180. The van der Waals surface area contributed by atoms with Crippen LogP contribution in [0.3, 0.4) is 0 Å². The lowest BCUT2D eigenvalue weighted by Crippen LogP contribution is -2.52. The average molecular weight is 1750 g/mol. The van der Waals surface area contributed by atoms with Crippen LogP contribution in [0.5, 0.6) is 0 Å². The van der Waals surface area contributed by atoms with Crippen LogP contribution in [0.2, 0.25) is 30.1 Å². The van der Waals surface area contributed by atoms with Crippen LogP contribution in [-0.2, 0) is 65.5 Å². The van der Waals surface area contributed by atoms with Gasteiger partial charge in [0.05, 0.1) is 22.4 Å². The predicted molar refractivity (Wildman–Crippen MR) is 487 cm³/mol. The molecule has 4 aromatic heterocycles. The van der Waals surface area contributed by atoms with Gasteiger partial charge in [0.2, 0.25) is 0 Å². The molecule has 6 unspecified atom stereocenters. The van der Waals surface area contributed by atoms with Crippen LogP contribution in [0, 0.1) is 16.7 Å². The Kier molecular flexibility index (Phi) is 27.8. The van der Waals surface area contributed by atoms with E-state index < -0.39 is 0 Å². The van der Waals surface area contributed by atoms with Crippen LogP contribution in [0.1, 0.15) is 340 Å². The molecule has 0 radical (unpaired) electrons. The molecule has 2 bridgehead atoms. The zero-order chi connectivity index (χ0) is 84.2. The van der Waals surface area contributed by atoms with E-state index in [0.29, 0.717) is 68.9 Å². The van der Waals surface area contributed by atoms with Crippen LogP contribution >= 0.6 is 69.6 Å². The molecule has 0 spiro atoms. The fourth-order valence-electron chi connectivity index (χ4n) is 21.9. The Hall–Kier alpha value is -7.44. The molecule has 5 aromatic carbocycles. The normalized spacial score (nSPS) is 23.0. The van der Waals surface area contributed by atoms with Gasteiger partial charge >= 0.3 is 0 Å². The first-order valence-electron chi connectivity index (χ1n) is 45.5. The summed E-state index contributed by atoms with van der Waals surface area (Å²) in [7, 11) is 3.98. The number of rotatable bonds is 18. The second-order valence-electron chi connectivity index (χ2n) is 37.6. The number of amides is 4. The molecular weight excluding hydrogens is 1630 g/mol. The van der Waals surface area contributed by atoms with E-state index in [0.717, 1.165) is 202 Å². The summed E-state index contributed by atoms with van der Waals surface area (Å²) in [6.45, 7) is 7.04. The van der Waals surface area contributed by atoms with Crippen LogP contribution in [0.25, 0.3) is 5.69 Å². The topological polar surface area (TPSA) is 188 Å². The molecule has 10 aliphatic rings. The number of carbonyl (C=O) groups is 4. The number of hydrogen-bond donors (Lipinski definition) is 4. The Labute approximate surface area is 745 Å². The van der Waals surface area contributed by atoms with E-state index in [2.05, 4.69) is 94.3 Å². The minimum atomic E-state index is -0.0836. The van der Waals surface area contributed by atoms with Gasteiger partial charge in [0.25, 0.3) is 23.6 Å². The van der Waals surface area contributed by atoms with Crippen molar-refractivity contribution in [1.29, 1.82) is 0 Å². The fraction of sp³-hybridized carbons (Fsp3) is 0.535. The first-order valence-corrected chi connectivity index (χ1v) is 47.8. The summed E-state index contributed by atoms with van der Waals surface area (Å²) in [5, 5.41) is 36.6. The van der Waals surface area contributed by atoms with E-state index in [9.17, 15) is 19.2 Å². The van der Waals surface area contributed by atoms with Crippen molar-refractivity contribution in [2.45, 2.75) is 306 Å². The van der Waals surface area contributed by atoms with Crippen molar-refractivity contribution < 1.29 is 19.2 Å². The van der Waals surface area contributed by atoms with Gasteiger partial charge in [0, 0.05) is 126 Å². The highest BCUT2D eigenvalue weighted by atomic mass is 35.5. The van der Waals surface area contributed by atoms with Crippen LogP contribution in [0.15, 0.2) is 115 Å². The largest absolute Gasteiger partial charge is 0.348 e. The summed E-state index contributed by atoms with van der Waals surface area (Å²) in [4.78, 5) is 52.7. The van der Waals surface area contributed by atoms with Gasteiger partial charge in [-0.1, -0.05) is 196 Å². The quantitative estimate of drug-likeness (QED) is 0.0611. The highest BCUT2D eigenvalue weighted by Crippen LogP contribution is 2.62. The van der Waals surface area contributed by atoms with Crippen LogP contribution < -0.4 is 21.3 Å². The smallest absolute Gasteiger partial charge is 0.272 e. The number of carbonyl (C=O) groups excluding carboxylic acids is 4. The molecule has 6 saturated carbocycles. The third kappa shape index (κ3) is 19.8. The van der Waals surface area contributed by atoms with Gasteiger partial charge in [-0.2, -0.15) is 20.4 Å². The van der Waals surface area contributed by atoms with Gasteiger partial charge in [-0.25, -0.2) is 4.68 Å². The van der Waals surface area contributed by atoms with Crippen molar-refractivity contribution in [3.8, 4) is 5.69 Å². The molecule has 10 aliphatic carbocycles. The SMILES string of the molecule is Cn1nc(C(=O)NC2CCC2)c2c1C(Cc1ccccc1Cl)CCCC2.Cn1nc(C(=O)N[C@H]2C3(C)CCC(C3)C2(C)C)c2c1C(Cc1ccccc1Cl)CCCC2.O=C(NC1CC1)c1nn(-c2ccc(Cl)cc2Cl)c2c1CCCCC2Cc1ccc(Cl)cc1.O=C(NC1CCC1)c1nn(C2CCCCC2)c2c1CCCCC2Cc1ccc(Cl)cc1. The molecule has 7 atom stereocenters. The summed E-state index contributed by atoms with van der Waals surface area (Å²) in [6.07, 6.45) is 39.7. The van der Waals surface area contributed by atoms with Gasteiger partial charge in [-0.15, -0.1) is 0 Å². The maximum Gasteiger partial charge on any atom is 0.272 e. The zero-order valence-corrected chi connectivity index (χ0v) is 75.7. The minimum Gasteiger partial charge on any atom is -0.348 e. The van der Waals surface area contributed by atoms with E-state index in [1.807, 2.05) is 94.9 Å². The monoisotopic (exact) mass is 1750 g/mol. The van der Waals surface area contributed by atoms with Gasteiger partial charge in [0.1, 0.15) is 0 Å². The Balaban J connectivity index is 0.000000120. The number of aromatic nitrogens is 8. The number of halogens is 6. The minimum absolute atomic E-state index is 0.00458. The van der Waals surface area contributed by atoms with Crippen LogP contribution in [0.4, 0.5) is 0 Å². The van der Waals surface area contributed by atoms with E-state index in [-0.39, 0.29) is 52.5 Å². The molecule has 6 fully saturated rings. The number of nitrogens with one attached hydrogen (secondary N) is 4. The van der Waals surface area contributed by atoms with Crippen LogP contribution in [-0.4, -0.2) is 86.9 Å². The molecular formula is C99H120Cl6N12O4. The highest BCUT2D eigenvalue weighted by molar-refractivity contribution is 6.36. The second kappa shape index (κ2) is 38.6. The lowest BCUT2D eigenvalue weighted by atomic mass is 9.68. The molecule has 4 amide bonds. The molecule has 0 aliphatic heterocycles. The standard InChI is InChI=1S/C27H36ClN3O.C26H34ClN3O.C25H24Cl3N3O.C21H26ClN3O/c1-26(2)19-13-14-27(3,16-19)25(26)29-24(32)22-20-11-7-5-10-18(23(20)31(4)30-22)15-17-9-6-8-12-21(17)28;27-20-15-13-18(14-16-20)17-19-7-4-5-12-23-24(26(31)28-21-8-6-9-21)29-30(25(19)23)22-10-2-1-3-11-22;26-17-7-5-15(6-8-17)13-16-3-1-2-4-20-23(25(32)29-19-10-11-19)30-31(24(16)20)22-12-9-18(27)14-21(22)28;1-25-20-15(13-14-7-3-5-12-18(14)22)8-2-4-11-17(20)19(24-25)21(26)23-16-9-6-10-16/h6,8-9,12,18-19,25H,5,7,10-11,13-16H2,1-4H3,(H,29,32);13-16,19,21-22H,1-12,17H2,(H,28,31);5-9,12,14,16,19H,1-4,10-11,13H2,(H,29,32);3,5,7,12,15-16H,2,4,6,8-11,13H2,1H3,(H,23,26)/t18?,19?,25-,27?;;;/m1.../s1. The lowest BCUT2D eigenvalue weighted by molar-refractivity contribution is 0.0731. The zero-order valence-electron chi connectivity index (χ0n) is 71.2. The summed E-state index contributed by atoms with van der Waals surface area (Å²) in [5.74, 6) is 2.03. The molecule has 4 heterocycles. The maximum atomic E-state index is 13.6. The number of benzene rings is 5. The molecule has 642 valence electrons. The molecule has 22 heteroatoms. The number of fused-ring (bicyclic) bond motifs is 6. The van der Waals surface area contributed by atoms with E-state index in [1.54, 1.807) is 6.07 Å². The van der Waals surface area contributed by atoms with Crippen molar-refractivity contribution in [3.63, 3.8) is 0 Å². The molecule has 4 N–H and O–H groups in total. The molecule has 19 rings (SSSR count). The predicted octanol–water partition coefficient (Wildman–Crippen LogP) is 23.6. The highest BCUT2D eigenvalue weighted by Gasteiger charge is 2.60. The maximum absolute atomic E-state index is 13.6. The Morgan fingerprint density at radius 3 is 1.23 bits per heavy atom.